The highest BCUT2D eigenvalue weighted by Crippen LogP contribution is 2.38. The van der Waals surface area contributed by atoms with Crippen LogP contribution in [0.25, 0.3) is 0 Å². The van der Waals surface area contributed by atoms with Gasteiger partial charge in [-0.3, -0.25) is 0 Å². The lowest BCUT2D eigenvalue weighted by atomic mass is 9.87. The monoisotopic (exact) mass is 338 g/mol. The van der Waals surface area contributed by atoms with Gasteiger partial charge < -0.3 is 10.2 Å². The fourth-order valence-electron chi connectivity index (χ4n) is 3.98. The molecule has 0 aliphatic heterocycles. The van der Waals surface area contributed by atoms with Crippen molar-refractivity contribution >= 4 is 0 Å². The molecule has 142 valence electrons. The van der Waals surface area contributed by atoms with Gasteiger partial charge in [-0.05, 0) is 24.7 Å². The summed E-state index contributed by atoms with van der Waals surface area (Å²) < 4.78 is 0. The van der Waals surface area contributed by atoms with E-state index in [1.54, 1.807) is 0 Å². The Kier molecular flexibility index (Phi) is 17.7. The molecule has 2 heteroatoms. The molecule has 0 saturated heterocycles. The summed E-state index contributed by atoms with van der Waals surface area (Å²) in [5.41, 5.74) is 0. The van der Waals surface area contributed by atoms with Crippen LogP contribution in [0.4, 0.5) is 0 Å². The van der Waals surface area contributed by atoms with Crippen LogP contribution in [0.15, 0.2) is 25.2 Å². The third kappa shape index (κ3) is 13.5. The molecule has 1 saturated carbocycles. The molecule has 2 atom stereocenters. The highest BCUT2D eigenvalue weighted by molar-refractivity contribution is 4.78. The average molecular weight is 339 g/mol. The zero-order valence-electron chi connectivity index (χ0n) is 16.1. The fourth-order valence-corrected chi connectivity index (χ4v) is 3.98. The quantitative estimate of drug-likeness (QED) is 0.265. The van der Waals surface area contributed by atoms with Gasteiger partial charge in [-0.2, -0.15) is 0 Å². The summed E-state index contributed by atoms with van der Waals surface area (Å²) in [6.45, 7) is 5.21. The van der Waals surface area contributed by atoms with E-state index in [0.717, 1.165) is 24.5 Å². The van der Waals surface area contributed by atoms with E-state index in [0.29, 0.717) is 0 Å². The van der Waals surface area contributed by atoms with E-state index in [1.165, 1.54) is 96.2 Å². The van der Waals surface area contributed by atoms with E-state index < -0.39 is 0 Å². The Morgan fingerprint density at radius 2 is 1.33 bits per heavy atom. The van der Waals surface area contributed by atoms with Crippen LogP contribution < -0.4 is 0 Å². The van der Waals surface area contributed by atoms with E-state index >= 15 is 0 Å². The van der Waals surface area contributed by atoms with E-state index in [1.807, 2.05) is 6.08 Å². The van der Waals surface area contributed by atoms with Crippen LogP contribution in [0, 0.1) is 11.8 Å². The van der Waals surface area contributed by atoms with Crippen molar-refractivity contribution in [1.82, 2.24) is 0 Å². The molecule has 0 radical (unpaired) electrons. The summed E-state index contributed by atoms with van der Waals surface area (Å²) in [5, 5.41) is 15.9. The normalized spacial score (nSPS) is 20.0. The highest BCUT2D eigenvalue weighted by Gasteiger charge is 2.25. The van der Waals surface area contributed by atoms with Gasteiger partial charge in [0.15, 0.2) is 0 Å². The largest absolute Gasteiger partial charge is 0.516 e. The first-order chi connectivity index (χ1) is 11.8. The van der Waals surface area contributed by atoms with Crippen molar-refractivity contribution in [3.63, 3.8) is 0 Å². The summed E-state index contributed by atoms with van der Waals surface area (Å²) in [4.78, 5) is 0. The molecule has 0 aromatic rings. The van der Waals surface area contributed by atoms with Gasteiger partial charge in [0, 0.05) is 0 Å². The minimum atomic E-state index is 0.750. The summed E-state index contributed by atoms with van der Waals surface area (Å²) >= 11 is 0. The van der Waals surface area contributed by atoms with Gasteiger partial charge in [-0.25, -0.2) is 0 Å². The fraction of sp³-hybridized carbons (Fsp3) is 0.818. The van der Waals surface area contributed by atoms with E-state index in [2.05, 4.69) is 13.5 Å². The van der Waals surface area contributed by atoms with Gasteiger partial charge in [0.1, 0.15) is 0 Å². The minimum Gasteiger partial charge on any atom is -0.516 e. The Balaban J connectivity index is 0.00000163. The predicted octanol–water partition coefficient (Wildman–Crippen LogP) is 7.86. The van der Waals surface area contributed by atoms with E-state index in [4.69, 9.17) is 10.2 Å². The Morgan fingerprint density at radius 3 is 1.88 bits per heavy atom. The molecule has 24 heavy (non-hydrogen) atoms. The molecule has 0 unspecified atom stereocenters. The van der Waals surface area contributed by atoms with Crippen molar-refractivity contribution < 1.29 is 10.2 Å². The number of rotatable bonds is 13. The molecular weight excluding hydrogens is 296 g/mol. The Labute approximate surface area is 151 Å². The van der Waals surface area contributed by atoms with Crippen molar-refractivity contribution in [2.24, 2.45) is 11.8 Å². The average Bonchev–Trinajstić information content (AvgIpc) is 3.02. The minimum absolute atomic E-state index is 0.750. The summed E-state index contributed by atoms with van der Waals surface area (Å²) in [6, 6.07) is 0. The van der Waals surface area contributed by atoms with Gasteiger partial charge >= 0.3 is 0 Å². The maximum absolute atomic E-state index is 8.60. The molecule has 1 fully saturated rings. The number of unbranched alkanes of at least 4 members (excludes halogenated alkanes) is 8. The van der Waals surface area contributed by atoms with Gasteiger partial charge in [-0.1, -0.05) is 103 Å². The molecule has 0 heterocycles. The SMILES string of the molecule is C=CO.CCCCCCCC[C@H]1CCC[C@@H]1CCCCCC=CO. The smallest absolute Gasteiger partial charge is 0.0751 e. The second-order valence-corrected chi connectivity index (χ2v) is 7.21. The van der Waals surface area contributed by atoms with Crippen LogP contribution in [0.3, 0.4) is 0 Å². The summed E-state index contributed by atoms with van der Waals surface area (Å²) in [5.74, 6) is 2.09. The number of aliphatic hydroxyl groups excluding tert-OH is 2. The van der Waals surface area contributed by atoms with Gasteiger partial charge in [0.05, 0.1) is 12.5 Å². The van der Waals surface area contributed by atoms with Crippen molar-refractivity contribution in [3.8, 4) is 0 Å². The lowest BCUT2D eigenvalue weighted by Crippen LogP contribution is -2.08. The summed E-state index contributed by atoms with van der Waals surface area (Å²) in [6.07, 6.45) is 24.9. The molecule has 2 nitrogen and oxygen atoms in total. The molecule has 0 spiro atoms. The molecule has 0 bridgehead atoms. The second-order valence-electron chi connectivity index (χ2n) is 7.21. The molecule has 1 rings (SSSR count). The van der Waals surface area contributed by atoms with Crippen LogP contribution >= 0.6 is 0 Å². The van der Waals surface area contributed by atoms with Crippen LogP contribution in [0.1, 0.15) is 103 Å². The van der Waals surface area contributed by atoms with Crippen LogP contribution in [-0.4, -0.2) is 10.2 Å². The molecule has 0 amide bonds. The van der Waals surface area contributed by atoms with Gasteiger partial charge in [-0.15, -0.1) is 0 Å². The van der Waals surface area contributed by atoms with Crippen molar-refractivity contribution in [3.05, 3.63) is 25.2 Å². The van der Waals surface area contributed by atoms with Crippen LogP contribution in [0.2, 0.25) is 0 Å². The maximum atomic E-state index is 8.60. The van der Waals surface area contributed by atoms with Crippen molar-refractivity contribution in [2.45, 2.75) is 103 Å². The number of aliphatic hydroxyl groups is 2. The van der Waals surface area contributed by atoms with Crippen LogP contribution in [-0.2, 0) is 0 Å². The lowest BCUT2D eigenvalue weighted by molar-refractivity contribution is 0.323. The number of hydrogen-bond acceptors (Lipinski definition) is 2. The lowest BCUT2D eigenvalue weighted by Gasteiger charge is -2.19. The Bertz CT molecular complexity index is 286. The first-order valence-corrected chi connectivity index (χ1v) is 10.3. The van der Waals surface area contributed by atoms with Crippen molar-refractivity contribution in [1.29, 1.82) is 0 Å². The van der Waals surface area contributed by atoms with Crippen LogP contribution in [0.5, 0.6) is 0 Å². The number of allylic oxidation sites excluding steroid dienone is 1. The first kappa shape index (κ1) is 23.1. The molecule has 2 N–H and O–H groups in total. The third-order valence-electron chi connectivity index (χ3n) is 5.30. The predicted molar refractivity (Wildman–Crippen MR) is 107 cm³/mol. The molecular formula is C22H42O2. The zero-order valence-corrected chi connectivity index (χ0v) is 16.1. The number of hydrogen-bond donors (Lipinski definition) is 2. The Hall–Kier alpha value is -0.920. The third-order valence-corrected chi connectivity index (χ3v) is 5.30. The van der Waals surface area contributed by atoms with E-state index in [-0.39, 0.29) is 0 Å². The molecule has 0 aromatic heterocycles. The van der Waals surface area contributed by atoms with E-state index in [9.17, 15) is 0 Å². The maximum Gasteiger partial charge on any atom is 0.0751 e. The molecule has 1 aliphatic carbocycles. The van der Waals surface area contributed by atoms with Gasteiger partial charge in [0.2, 0.25) is 0 Å². The van der Waals surface area contributed by atoms with Crippen molar-refractivity contribution in [2.75, 3.05) is 0 Å². The molecule has 0 aromatic carbocycles. The standard InChI is InChI=1S/C20H38O.C2H4O/c1-2-3-4-5-7-10-14-19-16-13-17-20(19)15-11-8-6-9-12-18-21;1-2-3/h12,18-21H,2-11,13-17H2,1H3;2-3H,1H2/t19-,20-;/m0./s1. The molecule has 1 aliphatic rings. The second kappa shape index (κ2) is 18.4. The highest BCUT2D eigenvalue weighted by atomic mass is 16.2. The first-order valence-electron chi connectivity index (χ1n) is 10.3. The Morgan fingerprint density at radius 1 is 0.833 bits per heavy atom. The van der Waals surface area contributed by atoms with Gasteiger partial charge in [0.25, 0.3) is 0 Å². The zero-order chi connectivity index (χ0) is 17.9. The topological polar surface area (TPSA) is 40.5 Å². The summed E-state index contributed by atoms with van der Waals surface area (Å²) in [7, 11) is 0.